The molecule has 0 spiro atoms. The van der Waals surface area contributed by atoms with E-state index in [0.29, 0.717) is 23.8 Å². The summed E-state index contributed by atoms with van der Waals surface area (Å²) in [6.45, 7) is 1.94. The molecule has 2 heterocycles. The monoisotopic (exact) mass is 359 g/mol. The Morgan fingerprint density at radius 1 is 1.00 bits per heavy atom. The molecule has 1 atom stereocenters. The Morgan fingerprint density at radius 3 is 2.15 bits per heavy atom. The van der Waals surface area contributed by atoms with Gasteiger partial charge in [-0.15, -0.1) is 0 Å². The van der Waals surface area contributed by atoms with Gasteiger partial charge in [0.2, 0.25) is 0 Å². The normalized spacial score (nSPS) is 16.1. The van der Waals surface area contributed by atoms with Crippen molar-refractivity contribution < 1.29 is 9.53 Å². The summed E-state index contributed by atoms with van der Waals surface area (Å²) >= 11 is 0. The molecular weight excluding hydrogens is 338 g/mol. The zero-order valence-corrected chi connectivity index (χ0v) is 15.1. The van der Waals surface area contributed by atoms with Crippen molar-refractivity contribution in [2.45, 2.75) is 25.5 Å². The summed E-state index contributed by atoms with van der Waals surface area (Å²) in [4.78, 5) is 19.5. The lowest BCUT2D eigenvalue weighted by Gasteiger charge is -2.38. The molecule has 0 radical (unpaired) electrons. The van der Waals surface area contributed by atoms with Gasteiger partial charge < -0.3 is 10.5 Å². The first-order chi connectivity index (χ1) is 13.2. The maximum atomic E-state index is 13.3. The van der Waals surface area contributed by atoms with Gasteiger partial charge in [0.15, 0.2) is 17.7 Å². The van der Waals surface area contributed by atoms with Crippen LogP contribution in [-0.2, 0) is 4.79 Å². The molecule has 0 fully saturated rings. The number of nitrogens with two attached hydrogens (primary N) is 1. The molecule has 2 N–H and O–H groups in total. The van der Waals surface area contributed by atoms with Crippen LogP contribution in [0.25, 0.3) is 0 Å². The van der Waals surface area contributed by atoms with Crippen LogP contribution in [0.3, 0.4) is 0 Å². The standard InChI is InChI=1S/C22H21N3O2/c1-2-17-22(26)25(21-18(27-17)13-14-19(23)24-21)20(15-9-5-3-6-10-15)16-11-7-4-8-12-16/h3-14,17,20H,2H2,1H3,(H2,23,24). The number of hydrogen-bond acceptors (Lipinski definition) is 4. The van der Waals surface area contributed by atoms with Gasteiger partial charge in [-0.05, 0) is 29.7 Å². The summed E-state index contributed by atoms with van der Waals surface area (Å²) < 4.78 is 5.89. The second kappa shape index (κ2) is 7.11. The second-order valence-electron chi connectivity index (χ2n) is 6.50. The average Bonchev–Trinajstić information content (AvgIpc) is 2.71. The summed E-state index contributed by atoms with van der Waals surface area (Å²) in [6.07, 6.45) is 0.0352. The summed E-state index contributed by atoms with van der Waals surface area (Å²) in [5, 5.41) is 0. The van der Waals surface area contributed by atoms with E-state index < -0.39 is 6.10 Å². The van der Waals surface area contributed by atoms with Gasteiger partial charge in [-0.1, -0.05) is 67.6 Å². The Hall–Kier alpha value is -3.34. The van der Waals surface area contributed by atoms with Gasteiger partial charge in [-0.25, -0.2) is 4.98 Å². The molecular formula is C22H21N3O2. The molecule has 1 aliphatic rings. The van der Waals surface area contributed by atoms with E-state index in [-0.39, 0.29) is 11.9 Å². The second-order valence-corrected chi connectivity index (χ2v) is 6.50. The van der Waals surface area contributed by atoms with Crippen molar-refractivity contribution in [2.24, 2.45) is 0 Å². The highest BCUT2D eigenvalue weighted by molar-refractivity contribution is 6.00. The molecule has 0 saturated heterocycles. The fraction of sp³-hybridized carbons (Fsp3) is 0.182. The van der Waals surface area contributed by atoms with Gasteiger partial charge in [-0.3, -0.25) is 9.69 Å². The Labute approximate surface area is 158 Å². The van der Waals surface area contributed by atoms with Crippen LogP contribution in [-0.4, -0.2) is 17.0 Å². The van der Waals surface area contributed by atoms with Crippen LogP contribution in [0.1, 0.15) is 30.5 Å². The minimum atomic E-state index is -0.544. The van der Waals surface area contributed by atoms with Gasteiger partial charge >= 0.3 is 0 Å². The third-order valence-electron chi connectivity index (χ3n) is 4.73. The molecule has 0 bridgehead atoms. The number of nitrogens with zero attached hydrogens (tertiary/aromatic N) is 2. The van der Waals surface area contributed by atoms with Crippen molar-refractivity contribution in [3.05, 3.63) is 83.9 Å². The average molecular weight is 359 g/mol. The van der Waals surface area contributed by atoms with Gasteiger partial charge in [0, 0.05) is 0 Å². The van der Waals surface area contributed by atoms with Crippen molar-refractivity contribution in [2.75, 3.05) is 10.6 Å². The Kier molecular flexibility index (Phi) is 4.50. The van der Waals surface area contributed by atoms with Crippen LogP contribution in [0.5, 0.6) is 5.75 Å². The van der Waals surface area contributed by atoms with Gasteiger partial charge in [0.25, 0.3) is 5.91 Å². The van der Waals surface area contributed by atoms with Crippen molar-refractivity contribution in [3.8, 4) is 5.75 Å². The number of anilines is 2. The minimum Gasteiger partial charge on any atom is -0.477 e. The third kappa shape index (κ3) is 3.12. The molecule has 1 aliphatic heterocycles. The first-order valence-electron chi connectivity index (χ1n) is 9.05. The quantitative estimate of drug-likeness (QED) is 0.766. The predicted octanol–water partition coefficient (Wildman–Crippen LogP) is 3.96. The highest BCUT2D eigenvalue weighted by atomic mass is 16.5. The first-order valence-corrected chi connectivity index (χ1v) is 9.05. The Morgan fingerprint density at radius 2 is 1.59 bits per heavy atom. The molecule has 5 heteroatoms. The van der Waals surface area contributed by atoms with E-state index in [1.165, 1.54) is 0 Å². The first kappa shape index (κ1) is 17.1. The summed E-state index contributed by atoms with van der Waals surface area (Å²) in [7, 11) is 0. The number of fused-ring (bicyclic) bond motifs is 1. The zero-order valence-electron chi connectivity index (χ0n) is 15.1. The van der Waals surface area contributed by atoms with Crippen molar-refractivity contribution in [1.82, 2.24) is 4.98 Å². The molecule has 0 aliphatic carbocycles. The van der Waals surface area contributed by atoms with E-state index >= 15 is 0 Å². The van der Waals surface area contributed by atoms with E-state index in [1.807, 2.05) is 67.6 Å². The Balaban J connectivity index is 1.93. The van der Waals surface area contributed by atoms with E-state index in [0.717, 1.165) is 11.1 Å². The largest absolute Gasteiger partial charge is 0.477 e. The van der Waals surface area contributed by atoms with E-state index in [2.05, 4.69) is 4.98 Å². The highest BCUT2D eigenvalue weighted by Gasteiger charge is 2.39. The molecule has 2 aromatic carbocycles. The summed E-state index contributed by atoms with van der Waals surface area (Å²) in [6, 6.07) is 23.1. The summed E-state index contributed by atoms with van der Waals surface area (Å²) in [5.41, 5.74) is 7.94. The SMILES string of the molecule is CCC1Oc2ccc(N)nc2N(C(c2ccccc2)c2ccccc2)C1=O. The number of benzene rings is 2. The maximum absolute atomic E-state index is 13.3. The number of ether oxygens (including phenoxy) is 1. The summed E-state index contributed by atoms with van der Waals surface area (Å²) in [5.74, 6) is 1.28. The van der Waals surface area contributed by atoms with Crippen molar-refractivity contribution in [3.63, 3.8) is 0 Å². The molecule has 5 nitrogen and oxygen atoms in total. The van der Waals surface area contributed by atoms with Crippen LogP contribution >= 0.6 is 0 Å². The number of nitrogen functional groups attached to an aromatic ring is 1. The number of pyridine rings is 1. The van der Waals surface area contributed by atoms with Gasteiger partial charge in [0.05, 0.1) is 6.04 Å². The number of aromatic nitrogens is 1. The van der Waals surface area contributed by atoms with Crippen LogP contribution in [0.15, 0.2) is 72.8 Å². The predicted molar refractivity (Wildman–Crippen MR) is 106 cm³/mol. The van der Waals surface area contributed by atoms with Crippen LogP contribution in [0.4, 0.5) is 11.6 Å². The number of rotatable bonds is 4. The van der Waals surface area contributed by atoms with E-state index in [9.17, 15) is 4.79 Å². The molecule has 1 aromatic heterocycles. The van der Waals surface area contributed by atoms with Crippen LogP contribution < -0.4 is 15.4 Å². The van der Waals surface area contributed by atoms with Crippen molar-refractivity contribution in [1.29, 1.82) is 0 Å². The number of carbonyl (C=O) groups excluding carboxylic acids is 1. The van der Waals surface area contributed by atoms with E-state index in [4.69, 9.17) is 10.5 Å². The topological polar surface area (TPSA) is 68.5 Å². The third-order valence-corrected chi connectivity index (χ3v) is 4.73. The van der Waals surface area contributed by atoms with Crippen LogP contribution in [0, 0.1) is 0 Å². The minimum absolute atomic E-state index is 0.110. The number of carbonyl (C=O) groups is 1. The molecule has 1 unspecified atom stereocenters. The number of hydrogen-bond donors (Lipinski definition) is 1. The molecule has 0 saturated carbocycles. The van der Waals surface area contributed by atoms with Crippen molar-refractivity contribution >= 4 is 17.5 Å². The fourth-order valence-corrected chi connectivity index (χ4v) is 3.45. The Bertz CT molecular complexity index is 905. The molecule has 4 rings (SSSR count). The van der Waals surface area contributed by atoms with Crippen LogP contribution in [0.2, 0.25) is 0 Å². The molecule has 27 heavy (non-hydrogen) atoms. The number of amides is 1. The van der Waals surface area contributed by atoms with Gasteiger partial charge in [0.1, 0.15) is 5.82 Å². The zero-order chi connectivity index (χ0) is 18.8. The maximum Gasteiger partial charge on any atom is 0.270 e. The lowest BCUT2D eigenvalue weighted by molar-refractivity contribution is -0.127. The lowest BCUT2D eigenvalue weighted by Crippen LogP contribution is -2.48. The molecule has 3 aromatic rings. The molecule has 1 amide bonds. The smallest absolute Gasteiger partial charge is 0.270 e. The highest BCUT2D eigenvalue weighted by Crippen LogP contribution is 2.41. The van der Waals surface area contributed by atoms with Gasteiger partial charge in [-0.2, -0.15) is 0 Å². The molecule has 136 valence electrons. The fourth-order valence-electron chi connectivity index (χ4n) is 3.45. The lowest BCUT2D eigenvalue weighted by atomic mass is 9.95. The van der Waals surface area contributed by atoms with E-state index in [1.54, 1.807) is 17.0 Å².